The average Bonchev–Trinajstić information content (AvgIpc) is 3.24. The molecule has 1 aromatic heterocycles. The lowest BCUT2D eigenvalue weighted by Crippen LogP contribution is -2.25. The number of amides is 1. The fraction of sp³-hybridized carbons (Fsp3) is 0.0870. The Balaban J connectivity index is 1.34. The third-order valence-electron chi connectivity index (χ3n) is 4.89. The molecule has 0 spiro atoms. The molecule has 0 bridgehead atoms. The smallest absolute Gasteiger partial charge is 0.238 e. The molecule has 3 aromatic carbocycles. The molecule has 1 aliphatic rings. The summed E-state index contributed by atoms with van der Waals surface area (Å²) in [7, 11) is 0. The minimum atomic E-state index is -0.514. The highest BCUT2D eigenvalue weighted by molar-refractivity contribution is 8.00. The average molecular weight is 450 g/mol. The molecule has 4 aromatic rings. The van der Waals surface area contributed by atoms with Gasteiger partial charge in [0, 0.05) is 16.9 Å². The molecule has 1 N–H and O–H groups in total. The van der Waals surface area contributed by atoms with E-state index in [9.17, 15) is 9.18 Å². The molecule has 0 fully saturated rings. The van der Waals surface area contributed by atoms with Gasteiger partial charge in [-0.3, -0.25) is 10.1 Å². The molecule has 0 saturated heterocycles. The number of halogens is 1. The number of hydrogen-bond donors (Lipinski definition) is 1. The number of nitrogens with one attached hydrogen (secondary N) is 1. The van der Waals surface area contributed by atoms with Crippen molar-refractivity contribution < 1.29 is 13.9 Å². The molecule has 0 unspecified atom stereocenters. The van der Waals surface area contributed by atoms with Crippen LogP contribution in [0.5, 0.6) is 11.5 Å². The van der Waals surface area contributed by atoms with Crippen molar-refractivity contribution in [2.75, 3.05) is 5.32 Å². The summed E-state index contributed by atoms with van der Waals surface area (Å²) in [5.41, 5.74) is 2.21. The molecule has 1 amide bonds. The standard InChI is InChI=1S/C23H16FN3O2S2/c24-17-10-4-1-7-14(17)13-30-23-27-26-22(31-23)25-21(28)20-15-8-2-5-11-18(15)29-19-12-6-3-9-16(19)20/h1-12,20H,13H2,(H,25,26,28). The van der Waals surface area contributed by atoms with Gasteiger partial charge in [0.1, 0.15) is 17.3 Å². The number of benzene rings is 3. The summed E-state index contributed by atoms with van der Waals surface area (Å²) in [6.45, 7) is 0. The summed E-state index contributed by atoms with van der Waals surface area (Å²) in [5, 5.41) is 11.5. The van der Waals surface area contributed by atoms with Crippen LogP contribution in [0.4, 0.5) is 9.52 Å². The van der Waals surface area contributed by atoms with Crippen LogP contribution in [0.2, 0.25) is 0 Å². The Morgan fingerprint density at radius 2 is 1.61 bits per heavy atom. The summed E-state index contributed by atoms with van der Waals surface area (Å²) in [4.78, 5) is 13.2. The highest BCUT2D eigenvalue weighted by Gasteiger charge is 2.32. The summed E-state index contributed by atoms with van der Waals surface area (Å²) >= 11 is 2.65. The number of aromatic nitrogens is 2. The normalized spacial score (nSPS) is 12.5. The van der Waals surface area contributed by atoms with Crippen LogP contribution in [0.15, 0.2) is 77.1 Å². The van der Waals surface area contributed by atoms with Crippen molar-refractivity contribution in [1.29, 1.82) is 0 Å². The molecule has 5 rings (SSSR count). The third-order valence-corrected chi connectivity index (χ3v) is 6.91. The first-order chi connectivity index (χ1) is 15.2. The topological polar surface area (TPSA) is 64.1 Å². The molecule has 0 radical (unpaired) electrons. The Morgan fingerprint density at radius 1 is 0.968 bits per heavy atom. The molecule has 5 nitrogen and oxygen atoms in total. The highest BCUT2D eigenvalue weighted by atomic mass is 32.2. The Bertz CT molecular complexity index is 1220. The first kappa shape index (κ1) is 19.7. The zero-order valence-corrected chi connectivity index (χ0v) is 17.8. The van der Waals surface area contributed by atoms with Crippen molar-refractivity contribution in [3.63, 3.8) is 0 Å². The summed E-state index contributed by atoms with van der Waals surface area (Å²) in [6, 6.07) is 21.7. The summed E-state index contributed by atoms with van der Waals surface area (Å²) in [5.74, 6) is 0.810. The zero-order valence-electron chi connectivity index (χ0n) is 16.1. The van der Waals surface area contributed by atoms with Crippen LogP contribution < -0.4 is 10.1 Å². The van der Waals surface area contributed by atoms with E-state index in [0.717, 1.165) is 11.1 Å². The van der Waals surface area contributed by atoms with Crippen LogP contribution >= 0.6 is 23.1 Å². The summed E-state index contributed by atoms with van der Waals surface area (Å²) < 4.78 is 20.4. The van der Waals surface area contributed by atoms with Crippen molar-refractivity contribution in [2.45, 2.75) is 16.0 Å². The number of ether oxygens (including phenoxy) is 1. The van der Waals surface area contributed by atoms with Crippen molar-refractivity contribution in [3.05, 3.63) is 95.3 Å². The molecular weight excluding hydrogens is 433 g/mol. The van der Waals surface area contributed by atoms with Gasteiger partial charge in [0.2, 0.25) is 11.0 Å². The van der Waals surface area contributed by atoms with E-state index in [0.29, 0.717) is 32.3 Å². The molecule has 0 aliphatic carbocycles. The second kappa shape index (κ2) is 8.49. The van der Waals surface area contributed by atoms with E-state index in [1.807, 2.05) is 48.5 Å². The molecule has 31 heavy (non-hydrogen) atoms. The van der Waals surface area contributed by atoms with E-state index in [2.05, 4.69) is 15.5 Å². The lowest BCUT2D eigenvalue weighted by Gasteiger charge is -2.27. The second-order valence-electron chi connectivity index (χ2n) is 6.85. The molecule has 0 saturated carbocycles. The number of hydrogen-bond acceptors (Lipinski definition) is 6. The van der Waals surface area contributed by atoms with Gasteiger partial charge in [-0.05, 0) is 23.8 Å². The number of rotatable bonds is 5. The van der Waals surface area contributed by atoms with Gasteiger partial charge in [-0.15, -0.1) is 10.2 Å². The lowest BCUT2D eigenvalue weighted by atomic mass is 9.87. The minimum Gasteiger partial charge on any atom is -0.457 e. The Kier molecular flexibility index (Phi) is 5.40. The zero-order chi connectivity index (χ0) is 21.2. The predicted molar refractivity (Wildman–Crippen MR) is 119 cm³/mol. The monoisotopic (exact) mass is 449 g/mol. The van der Waals surface area contributed by atoms with Crippen LogP contribution in [0, 0.1) is 5.82 Å². The van der Waals surface area contributed by atoms with Crippen molar-refractivity contribution >= 4 is 34.1 Å². The van der Waals surface area contributed by atoms with E-state index >= 15 is 0 Å². The minimum absolute atomic E-state index is 0.204. The highest BCUT2D eigenvalue weighted by Crippen LogP contribution is 2.44. The Hall–Kier alpha value is -3.23. The van der Waals surface area contributed by atoms with Gasteiger partial charge in [-0.1, -0.05) is 77.7 Å². The number of thioether (sulfide) groups is 1. The Labute approximate surface area is 186 Å². The van der Waals surface area contributed by atoms with Crippen LogP contribution in [-0.2, 0) is 10.5 Å². The number of anilines is 1. The molecular formula is C23H16FN3O2S2. The maximum Gasteiger partial charge on any atom is 0.238 e. The molecule has 2 heterocycles. The van der Waals surface area contributed by atoms with Gasteiger partial charge in [-0.2, -0.15) is 0 Å². The quantitative estimate of drug-likeness (QED) is 0.306. The lowest BCUT2D eigenvalue weighted by molar-refractivity contribution is -0.116. The van der Waals surface area contributed by atoms with E-state index in [-0.39, 0.29) is 11.7 Å². The van der Waals surface area contributed by atoms with Crippen LogP contribution in [0.25, 0.3) is 0 Å². The molecule has 0 atom stereocenters. The van der Waals surface area contributed by atoms with Crippen LogP contribution in [0.1, 0.15) is 22.6 Å². The molecule has 154 valence electrons. The van der Waals surface area contributed by atoms with Gasteiger partial charge < -0.3 is 4.74 Å². The predicted octanol–water partition coefficient (Wildman–Crippen LogP) is 5.85. The first-order valence-corrected chi connectivity index (χ1v) is 11.4. The van der Waals surface area contributed by atoms with E-state index in [4.69, 9.17) is 4.74 Å². The van der Waals surface area contributed by atoms with Gasteiger partial charge >= 0.3 is 0 Å². The van der Waals surface area contributed by atoms with Crippen molar-refractivity contribution in [3.8, 4) is 11.5 Å². The van der Waals surface area contributed by atoms with Gasteiger partial charge in [0.05, 0.1) is 5.92 Å². The van der Waals surface area contributed by atoms with Crippen LogP contribution in [-0.4, -0.2) is 16.1 Å². The van der Waals surface area contributed by atoms with Crippen LogP contribution in [0.3, 0.4) is 0 Å². The van der Waals surface area contributed by atoms with E-state index < -0.39 is 5.92 Å². The van der Waals surface area contributed by atoms with E-state index in [1.54, 1.807) is 18.2 Å². The van der Waals surface area contributed by atoms with Gasteiger partial charge in [0.25, 0.3) is 0 Å². The van der Waals surface area contributed by atoms with Gasteiger partial charge in [-0.25, -0.2) is 4.39 Å². The van der Waals surface area contributed by atoms with Crippen molar-refractivity contribution in [1.82, 2.24) is 10.2 Å². The van der Waals surface area contributed by atoms with Crippen molar-refractivity contribution in [2.24, 2.45) is 0 Å². The fourth-order valence-corrected chi connectivity index (χ4v) is 5.18. The summed E-state index contributed by atoms with van der Waals surface area (Å²) in [6.07, 6.45) is 0. The first-order valence-electron chi connectivity index (χ1n) is 9.55. The van der Waals surface area contributed by atoms with E-state index in [1.165, 1.54) is 29.2 Å². The fourth-order valence-electron chi connectivity index (χ4n) is 3.44. The largest absolute Gasteiger partial charge is 0.457 e. The molecule has 8 heteroatoms. The van der Waals surface area contributed by atoms with Gasteiger partial charge in [0.15, 0.2) is 4.34 Å². The maximum absolute atomic E-state index is 13.8. The second-order valence-corrected chi connectivity index (χ2v) is 9.05. The molecule has 1 aliphatic heterocycles. The number of carbonyl (C=O) groups is 1. The Morgan fingerprint density at radius 3 is 2.32 bits per heavy atom. The SMILES string of the molecule is O=C(Nc1nnc(SCc2ccccc2F)s1)C1c2ccccc2Oc2ccccc21. The number of nitrogens with zero attached hydrogens (tertiary/aromatic N) is 2. The number of fused-ring (bicyclic) bond motifs is 2. The third kappa shape index (κ3) is 4.04. The maximum atomic E-state index is 13.8. The number of carbonyl (C=O) groups excluding carboxylic acids is 1. The number of para-hydroxylation sites is 2.